The van der Waals surface area contributed by atoms with Crippen LogP contribution in [0.15, 0.2) is 47.3 Å². The quantitative estimate of drug-likeness (QED) is 0.679. The molecule has 126 valence electrons. The lowest BCUT2D eigenvalue weighted by Gasteiger charge is -2.16. The average molecular weight is 335 g/mol. The highest BCUT2D eigenvalue weighted by Gasteiger charge is 2.13. The summed E-state index contributed by atoms with van der Waals surface area (Å²) >= 11 is 0. The van der Waals surface area contributed by atoms with Gasteiger partial charge in [-0.25, -0.2) is 0 Å². The third-order valence-electron chi connectivity index (χ3n) is 4.03. The van der Waals surface area contributed by atoms with Crippen molar-refractivity contribution in [2.45, 2.75) is 13.0 Å². The number of hydrogen-bond donors (Lipinski definition) is 3. The first kappa shape index (κ1) is 16.4. The molecule has 0 aliphatic rings. The van der Waals surface area contributed by atoms with E-state index in [0.29, 0.717) is 22.4 Å². The number of phenols is 1. The summed E-state index contributed by atoms with van der Waals surface area (Å²) in [5, 5.41) is 22.6. The van der Waals surface area contributed by atoms with Crippen LogP contribution in [-0.2, 0) is 0 Å². The number of aromatic nitrogens is 1. The molecule has 0 radical (unpaired) electrons. The van der Waals surface area contributed by atoms with Gasteiger partial charge < -0.3 is 20.1 Å². The number of fused-ring (bicyclic) bond motifs is 1. The zero-order valence-electron chi connectivity index (χ0n) is 13.8. The van der Waals surface area contributed by atoms with Crippen molar-refractivity contribution in [2.75, 3.05) is 12.4 Å². The number of hydrogen-bond acceptors (Lipinski definition) is 5. The van der Waals surface area contributed by atoms with Crippen LogP contribution in [0, 0.1) is 11.3 Å². The second-order valence-corrected chi connectivity index (χ2v) is 5.72. The summed E-state index contributed by atoms with van der Waals surface area (Å²) in [6.45, 7) is 1.86. The first-order chi connectivity index (χ1) is 12.0. The Kier molecular flexibility index (Phi) is 4.31. The van der Waals surface area contributed by atoms with Crippen LogP contribution in [0.4, 0.5) is 5.69 Å². The maximum Gasteiger partial charge on any atom is 0.253 e. The predicted molar refractivity (Wildman–Crippen MR) is 96.0 cm³/mol. The molecule has 6 heteroatoms. The molecule has 6 nitrogen and oxygen atoms in total. The summed E-state index contributed by atoms with van der Waals surface area (Å²) in [5.41, 5.74) is 2.19. The molecular formula is C19H17N3O3. The number of ether oxygens (including phenoxy) is 1. The lowest BCUT2D eigenvalue weighted by molar-refractivity contribution is 0.413. The summed E-state index contributed by atoms with van der Waals surface area (Å²) in [6.07, 6.45) is 0. The van der Waals surface area contributed by atoms with Crippen LogP contribution in [-0.4, -0.2) is 17.2 Å². The Morgan fingerprint density at radius 2 is 2.04 bits per heavy atom. The number of methoxy groups -OCH3 is 1. The van der Waals surface area contributed by atoms with Crippen molar-refractivity contribution in [3.05, 3.63) is 63.9 Å². The van der Waals surface area contributed by atoms with Gasteiger partial charge in [-0.15, -0.1) is 0 Å². The highest BCUT2D eigenvalue weighted by molar-refractivity contribution is 5.80. The van der Waals surface area contributed by atoms with Crippen LogP contribution >= 0.6 is 0 Å². The van der Waals surface area contributed by atoms with Gasteiger partial charge in [0.15, 0.2) is 0 Å². The van der Waals surface area contributed by atoms with E-state index in [9.17, 15) is 9.90 Å². The van der Waals surface area contributed by atoms with Crippen LogP contribution in [0.3, 0.4) is 0 Å². The number of aromatic hydroxyl groups is 1. The van der Waals surface area contributed by atoms with Crippen molar-refractivity contribution in [3.63, 3.8) is 0 Å². The van der Waals surface area contributed by atoms with Gasteiger partial charge in [0, 0.05) is 28.2 Å². The Labute approximate surface area is 144 Å². The molecule has 2 aromatic carbocycles. The third-order valence-corrected chi connectivity index (χ3v) is 4.03. The summed E-state index contributed by atoms with van der Waals surface area (Å²) < 4.78 is 5.20. The smallest absolute Gasteiger partial charge is 0.253 e. The van der Waals surface area contributed by atoms with Crippen molar-refractivity contribution in [1.82, 2.24) is 4.98 Å². The number of rotatable bonds is 4. The fourth-order valence-electron chi connectivity index (χ4n) is 2.73. The van der Waals surface area contributed by atoms with E-state index in [1.807, 2.05) is 6.92 Å². The van der Waals surface area contributed by atoms with E-state index in [0.717, 1.165) is 11.1 Å². The molecule has 0 spiro atoms. The van der Waals surface area contributed by atoms with Crippen LogP contribution in [0.25, 0.3) is 10.9 Å². The molecule has 0 aliphatic heterocycles. The average Bonchev–Trinajstić information content (AvgIpc) is 2.61. The molecular weight excluding hydrogens is 318 g/mol. The number of anilines is 1. The van der Waals surface area contributed by atoms with Gasteiger partial charge in [0.05, 0.1) is 18.7 Å². The molecule has 3 N–H and O–H groups in total. The molecule has 1 aromatic heterocycles. The van der Waals surface area contributed by atoms with E-state index in [2.05, 4.69) is 16.4 Å². The molecule has 3 aromatic rings. The first-order valence-electron chi connectivity index (χ1n) is 7.72. The van der Waals surface area contributed by atoms with Crippen molar-refractivity contribution in [2.24, 2.45) is 0 Å². The molecule has 0 bridgehead atoms. The first-order valence-corrected chi connectivity index (χ1v) is 7.72. The van der Waals surface area contributed by atoms with Gasteiger partial charge in [0.1, 0.15) is 17.6 Å². The molecule has 0 amide bonds. The van der Waals surface area contributed by atoms with Crippen LogP contribution < -0.4 is 15.6 Å². The number of nitrogens with one attached hydrogen (secondary N) is 2. The Morgan fingerprint density at radius 3 is 2.76 bits per heavy atom. The lowest BCUT2D eigenvalue weighted by Crippen LogP contribution is -2.19. The Hall–Kier alpha value is -3.46. The van der Waals surface area contributed by atoms with Gasteiger partial charge in [0.2, 0.25) is 0 Å². The molecule has 0 saturated carbocycles. The molecule has 1 heterocycles. The lowest BCUT2D eigenvalue weighted by atomic mass is 10.1. The SMILES string of the molecule is COc1cc(N[C@@H](C)c2cc3cc(O)ccc3[nH]c2=O)ccc1C#N. The van der Waals surface area contributed by atoms with Gasteiger partial charge in [-0.2, -0.15) is 5.26 Å². The number of pyridine rings is 1. The molecule has 0 aliphatic carbocycles. The van der Waals surface area contributed by atoms with Gasteiger partial charge in [-0.3, -0.25) is 4.79 Å². The molecule has 1 atom stereocenters. The number of aromatic amines is 1. The Bertz CT molecular complexity index is 1030. The van der Waals surface area contributed by atoms with Crippen molar-refractivity contribution in [3.8, 4) is 17.6 Å². The van der Waals surface area contributed by atoms with Crippen molar-refractivity contribution >= 4 is 16.6 Å². The van der Waals surface area contributed by atoms with E-state index < -0.39 is 0 Å². The predicted octanol–water partition coefficient (Wildman–Crippen LogP) is 3.29. The van der Waals surface area contributed by atoms with Gasteiger partial charge in [0.25, 0.3) is 5.56 Å². The fraction of sp³-hybridized carbons (Fsp3) is 0.158. The normalized spacial score (nSPS) is 11.7. The molecule has 0 fully saturated rings. The van der Waals surface area contributed by atoms with E-state index >= 15 is 0 Å². The van der Waals surface area contributed by atoms with Gasteiger partial charge >= 0.3 is 0 Å². The molecule has 0 saturated heterocycles. The maximum atomic E-state index is 12.3. The number of H-pyrrole nitrogens is 1. The molecule has 0 unspecified atom stereocenters. The van der Waals surface area contributed by atoms with Crippen LogP contribution in [0.2, 0.25) is 0 Å². The minimum atomic E-state index is -0.284. The highest BCUT2D eigenvalue weighted by Crippen LogP contribution is 2.26. The number of phenolic OH excluding ortho intramolecular Hbond substituents is 1. The Morgan fingerprint density at radius 1 is 1.24 bits per heavy atom. The highest BCUT2D eigenvalue weighted by atomic mass is 16.5. The zero-order chi connectivity index (χ0) is 18.0. The van der Waals surface area contributed by atoms with E-state index in [1.165, 1.54) is 13.2 Å². The van der Waals surface area contributed by atoms with Crippen LogP contribution in [0.5, 0.6) is 11.5 Å². The van der Waals surface area contributed by atoms with Gasteiger partial charge in [-0.1, -0.05) is 0 Å². The summed E-state index contributed by atoms with van der Waals surface area (Å²) in [7, 11) is 1.50. The largest absolute Gasteiger partial charge is 0.508 e. The van der Waals surface area contributed by atoms with Crippen molar-refractivity contribution in [1.29, 1.82) is 5.26 Å². The molecule has 3 rings (SSSR count). The third kappa shape index (κ3) is 3.26. The van der Waals surface area contributed by atoms with Gasteiger partial charge in [-0.05, 0) is 43.3 Å². The standard InChI is InChI=1S/C19H17N3O3/c1-11(21-14-4-3-12(10-20)18(9-14)25-2)16-8-13-7-15(23)5-6-17(13)22-19(16)24/h3-9,11,21,23H,1-2H3,(H,22,24)/t11-/m0/s1. The Balaban J connectivity index is 1.94. The van der Waals surface area contributed by atoms with E-state index in [-0.39, 0.29) is 17.4 Å². The number of nitrogens with zero attached hydrogens (tertiary/aromatic N) is 1. The van der Waals surface area contributed by atoms with E-state index in [1.54, 1.807) is 36.4 Å². The second-order valence-electron chi connectivity index (χ2n) is 5.72. The summed E-state index contributed by atoms with van der Waals surface area (Å²) in [4.78, 5) is 15.2. The number of nitriles is 1. The summed E-state index contributed by atoms with van der Waals surface area (Å²) in [5.74, 6) is 0.611. The van der Waals surface area contributed by atoms with Crippen LogP contribution in [0.1, 0.15) is 24.1 Å². The summed E-state index contributed by atoms with van der Waals surface area (Å²) in [6, 6.07) is 13.5. The maximum absolute atomic E-state index is 12.3. The minimum absolute atomic E-state index is 0.142. The molecule has 25 heavy (non-hydrogen) atoms. The fourth-order valence-corrected chi connectivity index (χ4v) is 2.73. The zero-order valence-corrected chi connectivity index (χ0v) is 13.8. The van der Waals surface area contributed by atoms with Crippen molar-refractivity contribution < 1.29 is 9.84 Å². The number of benzene rings is 2. The van der Waals surface area contributed by atoms with E-state index in [4.69, 9.17) is 10.00 Å². The second kappa shape index (κ2) is 6.57. The monoisotopic (exact) mass is 335 g/mol. The minimum Gasteiger partial charge on any atom is -0.508 e. The topological polar surface area (TPSA) is 98.1 Å².